The van der Waals surface area contributed by atoms with Gasteiger partial charge in [0.05, 0.1) is 17.6 Å². The molecule has 1 N–H and O–H groups in total. The molecular weight excluding hydrogens is 386 g/mol. The van der Waals surface area contributed by atoms with Crippen LogP contribution in [0.25, 0.3) is 0 Å². The van der Waals surface area contributed by atoms with Gasteiger partial charge in [-0.1, -0.05) is 42.0 Å². The summed E-state index contributed by atoms with van der Waals surface area (Å²) in [6.45, 7) is 6.07. The number of aryl methyl sites for hydroxylation is 1. The molecule has 7 heteroatoms. The Morgan fingerprint density at radius 3 is 2.66 bits per heavy atom. The van der Waals surface area contributed by atoms with E-state index in [0.717, 1.165) is 19.5 Å². The third-order valence-corrected chi connectivity index (χ3v) is 7.48. The van der Waals surface area contributed by atoms with Gasteiger partial charge < -0.3 is 10.1 Å². The van der Waals surface area contributed by atoms with E-state index in [-0.39, 0.29) is 6.10 Å². The van der Waals surface area contributed by atoms with Crippen molar-refractivity contribution in [2.45, 2.75) is 30.8 Å². The number of hydrogen-bond acceptors (Lipinski definition) is 5. The van der Waals surface area contributed by atoms with Crippen LogP contribution in [0.15, 0.2) is 53.4 Å². The van der Waals surface area contributed by atoms with Gasteiger partial charge in [0.2, 0.25) is 0 Å². The molecule has 0 amide bonds. The SMILES string of the molecule is Cc1ccc2c(c1)C(CCN(N1CCNCC1)S(=O)(=O)c1ccccc1)OCC2. The monoisotopic (exact) mass is 415 g/mol. The maximum absolute atomic E-state index is 13.4. The second-order valence-corrected chi connectivity index (χ2v) is 9.51. The molecule has 2 heterocycles. The molecule has 1 fully saturated rings. The van der Waals surface area contributed by atoms with Gasteiger partial charge >= 0.3 is 0 Å². The normalized spacial score (nSPS) is 20.6. The molecule has 2 aliphatic heterocycles. The van der Waals surface area contributed by atoms with Crippen LogP contribution in [0.1, 0.15) is 29.2 Å². The van der Waals surface area contributed by atoms with E-state index in [1.807, 2.05) is 11.1 Å². The van der Waals surface area contributed by atoms with Gasteiger partial charge in [-0.3, -0.25) is 0 Å². The maximum Gasteiger partial charge on any atom is 0.255 e. The Kier molecular flexibility index (Phi) is 6.32. The molecule has 156 valence electrons. The zero-order chi connectivity index (χ0) is 20.3. The Balaban J connectivity index is 1.58. The predicted octanol–water partition coefficient (Wildman–Crippen LogP) is 2.51. The lowest BCUT2D eigenvalue weighted by atomic mass is 9.94. The molecule has 2 aliphatic rings. The lowest BCUT2D eigenvalue weighted by molar-refractivity contribution is 0.00358. The summed E-state index contributed by atoms with van der Waals surface area (Å²) in [4.78, 5) is 0.333. The van der Waals surface area contributed by atoms with Crippen LogP contribution < -0.4 is 5.32 Å². The minimum atomic E-state index is -3.61. The van der Waals surface area contributed by atoms with E-state index in [2.05, 4.69) is 30.4 Å². The molecule has 0 aliphatic carbocycles. The van der Waals surface area contributed by atoms with Crippen LogP contribution >= 0.6 is 0 Å². The van der Waals surface area contributed by atoms with Crippen molar-refractivity contribution in [2.75, 3.05) is 39.3 Å². The zero-order valence-corrected chi connectivity index (χ0v) is 17.7. The molecule has 29 heavy (non-hydrogen) atoms. The molecule has 1 unspecified atom stereocenters. The topological polar surface area (TPSA) is 61.9 Å². The van der Waals surface area contributed by atoms with Crippen LogP contribution in [0, 0.1) is 6.92 Å². The summed E-state index contributed by atoms with van der Waals surface area (Å²) in [5.74, 6) is 0. The first-order valence-electron chi connectivity index (χ1n) is 10.3. The number of benzene rings is 2. The number of nitrogens with zero attached hydrogens (tertiary/aromatic N) is 2. The molecule has 0 spiro atoms. The van der Waals surface area contributed by atoms with Crippen LogP contribution in [0.4, 0.5) is 0 Å². The van der Waals surface area contributed by atoms with Crippen LogP contribution in [-0.2, 0) is 21.2 Å². The third kappa shape index (κ3) is 4.54. The summed E-state index contributed by atoms with van der Waals surface area (Å²) in [6.07, 6.45) is 1.47. The number of piperazine rings is 1. The molecule has 0 aromatic heterocycles. The molecule has 4 rings (SSSR count). The summed E-state index contributed by atoms with van der Waals surface area (Å²) in [5, 5.41) is 5.25. The van der Waals surface area contributed by atoms with Crippen molar-refractivity contribution in [1.29, 1.82) is 0 Å². The molecule has 2 aromatic rings. The Morgan fingerprint density at radius 1 is 1.14 bits per heavy atom. The fourth-order valence-corrected chi connectivity index (χ4v) is 5.67. The van der Waals surface area contributed by atoms with Crippen LogP contribution in [-0.4, -0.2) is 57.2 Å². The molecular formula is C22H29N3O3S. The van der Waals surface area contributed by atoms with E-state index in [0.29, 0.717) is 37.6 Å². The second-order valence-electron chi connectivity index (χ2n) is 7.67. The van der Waals surface area contributed by atoms with E-state index < -0.39 is 10.0 Å². The average Bonchev–Trinajstić information content (AvgIpc) is 2.75. The van der Waals surface area contributed by atoms with Gasteiger partial charge in [0, 0.05) is 32.7 Å². The highest BCUT2D eigenvalue weighted by atomic mass is 32.2. The summed E-state index contributed by atoms with van der Waals surface area (Å²) in [6, 6.07) is 15.2. The van der Waals surface area contributed by atoms with E-state index in [9.17, 15) is 8.42 Å². The summed E-state index contributed by atoms with van der Waals surface area (Å²) in [5.41, 5.74) is 3.72. The molecule has 0 radical (unpaired) electrons. The predicted molar refractivity (Wildman–Crippen MR) is 113 cm³/mol. The van der Waals surface area contributed by atoms with Gasteiger partial charge in [0.1, 0.15) is 0 Å². The van der Waals surface area contributed by atoms with E-state index in [1.165, 1.54) is 16.7 Å². The van der Waals surface area contributed by atoms with Crippen molar-refractivity contribution < 1.29 is 13.2 Å². The number of hydrogen-bond donors (Lipinski definition) is 1. The number of rotatable bonds is 6. The Morgan fingerprint density at radius 2 is 1.90 bits per heavy atom. The number of sulfonamides is 1. The standard InChI is InChI=1S/C22H29N3O3S/c1-18-7-8-19-10-16-28-22(21(19)17-18)9-13-25(24-14-11-23-12-15-24)29(26,27)20-5-3-2-4-6-20/h2-8,17,22-23H,9-16H2,1H3. The molecule has 1 atom stereocenters. The van der Waals surface area contributed by atoms with Crippen LogP contribution in [0.3, 0.4) is 0 Å². The largest absolute Gasteiger partial charge is 0.373 e. The van der Waals surface area contributed by atoms with Gasteiger partial charge in [-0.05, 0) is 43.0 Å². The fourth-order valence-electron chi connectivity index (χ4n) is 4.11. The molecule has 2 aromatic carbocycles. The first-order valence-corrected chi connectivity index (χ1v) is 11.7. The summed E-state index contributed by atoms with van der Waals surface area (Å²) in [7, 11) is -3.61. The van der Waals surface area contributed by atoms with Crippen LogP contribution in [0.5, 0.6) is 0 Å². The lowest BCUT2D eigenvalue weighted by Crippen LogP contribution is -2.54. The Hall–Kier alpha value is -1.77. The minimum Gasteiger partial charge on any atom is -0.373 e. The van der Waals surface area contributed by atoms with Crippen molar-refractivity contribution >= 4 is 10.0 Å². The first kappa shape index (κ1) is 20.5. The van der Waals surface area contributed by atoms with E-state index >= 15 is 0 Å². The Labute approximate surface area is 173 Å². The van der Waals surface area contributed by atoms with Crippen molar-refractivity contribution in [3.8, 4) is 0 Å². The van der Waals surface area contributed by atoms with Crippen molar-refractivity contribution in [3.63, 3.8) is 0 Å². The number of hydrazine groups is 1. The molecule has 0 saturated carbocycles. The highest BCUT2D eigenvalue weighted by Gasteiger charge is 2.32. The number of ether oxygens (including phenoxy) is 1. The Bertz CT molecular complexity index is 928. The fraction of sp³-hybridized carbons (Fsp3) is 0.455. The van der Waals surface area contributed by atoms with Gasteiger partial charge in [0.25, 0.3) is 10.0 Å². The van der Waals surface area contributed by atoms with Crippen LogP contribution in [0.2, 0.25) is 0 Å². The van der Waals surface area contributed by atoms with Crippen molar-refractivity contribution in [3.05, 3.63) is 65.2 Å². The maximum atomic E-state index is 13.4. The number of fused-ring (bicyclic) bond motifs is 1. The highest BCUT2D eigenvalue weighted by molar-refractivity contribution is 7.89. The van der Waals surface area contributed by atoms with E-state index in [1.54, 1.807) is 28.7 Å². The molecule has 1 saturated heterocycles. The number of nitrogens with one attached hydrogen (secondary N) is 1. The van der Waals surface area contributed by atoms with E-state index in [4.69, 9.17) is 4.74 Å². The average molecular weight is 416 g/mol. The van der Waals surface area contributed by atoms with Gasteiger partial charge in [-0.25, -0.2) is 13.4 Å². The highest BCUT2D eigenvalue weighted by Crippen LogP contribution is 2.31. The summed E-state index contributed by atoms with van der Waals surface area (Å²) < 4.78 is 34.5. The van der Waals surface area contributed by atoms with Gasteiger partial charge in [-0.15, -0.1) is 4.41 Å². The van der Waals surface area contributed by atoms with Gasteiger partial charge in [-0.2, -0.15) is 0 Å². The molecule has 6 nitrogen and oxygen atoms in total. The first-order chi connectivity index (χ1) is 14.1. The van der Waals surface area contributed by atoms with Crippen molar-refractivity contribution in [1.82, 2.24) is 14.7 Å². The van der Waals surface area contributed by atoms with Gasteiger partial charge in [0.15, 0.2) is 0 Å². The summed E-state index contributed by atoms with van der Waals surface area (Å²) >= 11 is 0. The molecule has 0 bridgehead atoms. The van der Waals surface area contributed by atoms with Crippen molar-refractivity contribution in [2.24, 2.45) is 0 Å². The smallest absolute Gasteiger partial charge is 0.255 e. The minimum absolute atomic E-state index is 0.0740. The third-order valence-electron chi connectivity index (χ3n) is 5.65. The lowest BCUT2D eigenvalue weighted by Gasteiger charge is -2.37. The second kappa shape index (κ2) is 8.93. The zero-order valence-electron chi connectivity index (χ0n) is 16.9. The quantitative estimate of drug-likeness (QED) is 0.786.